The number of amides is 3. The van der Waals surface area contributed by atoms with Gasteiger partial charge in [0.05, 0.1) is 11.4 Å². The molecule has 0 atom stereocenters. The predicted octanol–water partition coefficient (Wildman–Crippen LogP) is 3.30. The molecule has 2 N–H and O–H groups in total. The van der Waals surface area contributed by atoms with E-state index in [0.717, 1.165) is 44.8 Å². The largest absolute Gasteiger partial charge is 0.451 e. The molecule has 2 fully saturated rings. The second-order valence-electron chi connectivity index (χ2n) is 9.91. The van der Waals surface area contributed by atoms with Gasteiger partial charge in [0.25, 0.3) is 11.8 Å². The summed E-state index contributed by atoms with van der Waals surface area (Å²) in [6, 6.07) is 13.8. The molecule has 3 aromatic rings. The van der Waals surface area contributed by atoms with Crippen molar-refractivity contribution in [2.75, 3.05) is 60.9 Å². The maximum atomic E-state index is 12.9. The Bertz CT molecular complexity index is 1320. The van der Waals surface area contributed by atoms with Crippen LogP contribution in [0.15, 0.2) is 59.5 Å². The van der Waals surface area contributed by atoms with Crippen molar-refractivity contribution in [2.24, 2.45) is 0 Å². The third-order valence-corrected chi connectivity index (χ3v) is 7.31. The van der Waals surface area contributed by atoms with Crippen molar-refractivity contribution in [3.63, 3.8) is 0 Å². The van der Waals surface area contributed by atoms with Crippen LogP contribution in [0, 0.1) is 6.92 Å². The number of piperazine rings is 1. The molecule has 3 amide bonds. The van der Waals surface area contributed by atoms with E-state index in [9.17, 15) is 14.4 Å². The van der Waals surface area contributed by atoms with Gasteiger partial charge in [0.2, 0.25) is 5.91 Å². The molecule has 0 unspecified atom stereocenters. The molecular formula is C29H34N6O4. The normalized spacial score (nSPS) is 15.5. The van der Waals surface area contributed by atoms with Crippen molar-refractivity contribution in [1.29, 1.82) is 0 Å². The zero-order chi connectivity index (χ0) is 27.2. The Hall–Kier alpha value is -4.34. The Morgan fingerprint density at radius 3 is 2.44 bits per heavy atom. The number of benzene rings is 2. The summed E-state index contributed by atoms with van der Waals surface area (Å²) in [7, 11) is 0. The lowest BCUT2D eigenvalue weighted by molar-refractivity contribution is -0.127. The topological polar surface area (TPSA) is 111 Å². The molecule has 0 spiro atoms. The van der Waals surface area contributed by atoms with Gasteiger partial charge in [0.1, 0.15) is 6.26 Å². The Morgan fingerprint density at radius 2 is 1.74 bits per heavy atom. The first-order chi connectivity index (χ1) is 19.0. The summed E-state index contributed by atoms with van der Waals surface area (Å²) in [6.45, 7) is 7.23. The Balaban J connectivity index is 1.27. The van der Waals surface area contributed by atoms with Crippen molar-refractivity contribution in [3.8, 4) is 0 Å². The van der Waals surface area contributed by atoms with Crippen molar-refractivity contribution >= 4 is 34.8 Å². The number of nitrogens with one attached hydrogen (secondary N) is 2. The van der Waals surface area contributed by atoms with E-state index < -0.39 is 5.91 Å². The number of para-hydroxylation sites is 1. The zero-order valence-corrected chi connectivity index (χ0v) is 22.2. The van der Waals surface area contributed by atoms with E-state index in [0.29, 0.717) is 37.2 Å². The molecule has 2 aromatic carbocycles. The monoisotopic (exact) mass is 530 g/mol. The Labute approximate surface area is 228 Å². The van der Waals surface area contributed by atoms with E-state index in [1.54, 1.807) is 12.1 Å². The molecule has 0 aliphatic carbocycles. The lowest BCUT2D eigenvalue weighted by Gasteiger charge is -2.38. The lowest BCUT2D eigenvalue weighted by Crippen LogP contribution is -2.47. The van der Waals surface area contributed by atoms with Gasteiger partial charge in [-0.05, 0) is 49.6 Å². The Kier molecular flexibility index (Phi) is 8.10. The number of hydrogen-bond donors (Lipinski definition) is 2. The fourth-order valence-corrected chi connectivity index (χ4v) is 5.19. The second kappa shape index (κ2) is 12.0. The molecule has 2 aliphatic rings. The molecule has 3 heterocycles. The van der Waals surface area contributed by atoms with Gasteiger partial charge in [-0.25, -0.2) is 4.98 Å². The van der Waals surface area contributed by atoms with E-state index >= 15 is 0 Å². The summed E-state index contributed by atoms with van der Waals surface area (Å²) in [5, 5.41) is 5.86. The van der Waals surface area contributed by atoms with Crippen molar-refractivity contribution in [2.45, 2.75) is 26.2 Å². The number of likely N-dealkylation sites (tertiary alicyclic amines) is 1. The maximum absolute atomic E-state index is 12.9. The molecule has 0 saturated carbocycles. The van der Waals surface area contributed by atoms with Gasteiger partial charge in [-0.15, -0.1) is 0 Å². The van der Waals surface area contributed by atoms with Crippen LogP contribution in [0.2, 0.25) is 0 Å². The summed E-state index contributed by atoms with van der Waals surface area (Å²) in [6.07, 6.45) is 4.71. The average Bonchev–Trinajstić information content (AvgIpc) is 3.64. The van der Waals surface area contributed by atoms with Gasteiger partial charge >= 0.3 is 0 Å². The number of anilines is 3. The van der Waals surface area contributed by atoms with Crippen LogP contribution in [0.1, 0.15) is 45.7 Å². The average molecular weight is 531 g/mol. The van der Waals surface area contributed by atoms with Crippen LogP contribution >= 0.6 is 0 Å². The smallest absolute Gasteiger partial charge is 0.277 e. The van der Waals surface area contributed by atoms with Crippen LogP contribution in [0.4, 0.5) is 17.1 Å². The summed E-state index contributed by atoms with van der Waals surface area (Å²) in [5.41, 5.74) is 4.48. The second-order valence-corrected chi connectivity index (χ2v) is 9.91. The minimum absolute atomic E-state index is 0.164. The molecule has 10 heteroatoms. The fourth-order valence-electron chi connectivity index (χ4n) is 5.19. The number of nitrogens with zero attached hydrogens (tertiary/aromatic N) is 4. The van der Waals surface area contributed by atoms with Gasteiger partial charge in [-0.2, -0.15) is 0 Å². The van der Waals surface area contributed by atoms with Crippen molar-refractivity contribution in [3.05, 3.63) is 71.9 Å². The van der Waals surface area contributed by atoms with Crippen molar-refractivity contribution in [1.82, 2.24) is 15.2 Å². The van der Waals surface area contributed by atoms with Gasteiger partial charge < -0.3 is 29.8 Å². The predicted molar refractivity (Wildman–Crippen MR) is 149 cm³/mol. The molecule has 204 valence electrons. The number of carbonyl (C=O) groups excluding carboxylic acids is 3. The van der Waals surface area contributed by atoms with Crippen LogP contribution < -0.4 is 20.4 Å². The molecule has 0 radical (unpaired) electrons. The standard InChI is InChI=1S/C29H34N6O4/c1-21-6-2-3-7-25(21)33-14-16-34(17-15-33)26-10-9-22(18-23(26)32-29(38)24-19-39-20-31-24)28(37)30-11-5-13-35-12-4-8-27(35)36/h2-3,6-7,9-10,18-20H,4-5,8,11-17H2,1H3,(H,30,37)(H,32,38). The SMILES string of the molecule is Cc1ccccc1N1CCN(c2ccc(C(=O)NCCCN3CCCC3=O)cc2NC(=O)c2cocn2)CC1. The van der Waals surface area contributed by atoms with Gasteiger partial charge in [-0.3, -0.25) is 14.4 Å². The van der Waals surface area contributed by atoms with E-state index in [4.69, 9.17) is 4.42 Å². The van der Waals surface area contributed by atoms with Gasteiger partial charge in [0, 0.05) is 63.5 Å². The third kappa shape index (κ3) is 6.22. The number of rotatable bonds is 9. The first-order valence-corrected chi connectivity index (χ1v) is 13.4. The summed E-state index contributed by atoms with van der Waals surface area (Å²) < 4.78 is 4.97. The maximum Gasteiger partial charge on any atom is 0.277 e. The van der Waals surface area contributed by atoms with Crippen molar-refractivity contribution < 1.29 is 18.8 Å². The first kappa shape index (κ1) is 26.3. The highest BCUT2D eigenvalue weighted by Gasteiger charge is 2.23. The highest BCUT2D eigenvalue weighted by Crippen LogP contribution is 2.30. The van der Waals surface area contributed by atoms with E-state index in [-0.39, 0.29) is 17.5 Å². The lowest BCUT2D eigenvalue weighted by atomic mass is 10.1. The zero-order valence-electron chi connectivity index (χ0n) is 22.2. The first-order valence-electron chi connectivity index (χ1n) is 13.4. The highest BCUT2D eigenvalue weighted by atomic mass is 16.3. The highest BCUT2D eigenvalue weighted by molar-refractivity contribution is 6.06. The van der Waals surface area contributed by atoms with Crippen LogP contribution in [0.25, 0.3) is 0 Å². The fraction of sp³-hybridized carbons (Fsp3) is 0.379. The van der Waals surface area contributed by atoms with Crippen LogP contribution in [0.5, 0.6) is 0 Å². The summed E-state index contributed by atoms with van der Waals surface area (Å²) in [4.78, 5) is 48.0. The summed E-state index contributed by atoms with van der Waals surface area (Å²) >= 11 is 0. The van der Waals surface area contributed by atoms with Crippen LogP contribution in [0.3, 0.4) is 0 Å². The van der Waals surface area contributed by atoms with Gasteiger partial charge in [0.15, 0.2) is 12.1 Å². The Morgan fingerprint density at radius 1 is 0.974 bits per heavy atom. The molecule has 2 aliphatic heterocycles. The number of carbonyl (C=O) groups is 3. The van der Waals surface area contributed by atoms with E-state index in [1.807, 2.05) is 17.0 Å². The third-order valence-electron chi connectivity index (χ3n) is 7.31. The molecule has 0 bridgehead atoms. The van der Waals surface area contributed by atoms with E-state index in [1.165, 1.54) is 23.9 Å². The number of aromatic nitrogens is 1. The molecule has 1 aromatic heterocycles. The van der Waals surface area contributed by atoms with Crippen LogP contribution in [-0.4, -0.2) is 73.4 Å². The van der Waals surface area contributed by atoms with Crippen LogP contribution in [-0.2, 0) is 4.79 Å². The molecule has 5 rings (SSSR count). The van der Waals surface area contributed by atoms with Gasteiger partial charge in [-0.1, -0.05) is 18.2 Å². The minimum Gasteiger partial charge on any atom is -0.451 e. The number of oxazole rings is 1. The number of aryl methyl sites for hydroxylation is 1. The summed E-state index contributed by atoms with van der Waals surface area (Å²) in [5.74, 6) is -0.448. The molecule has 10 nitrogen and oxygen atoms in total. The minimum atomic E-state index is -0.406. The quantitative estimate of drug-likeness (QED) is 0.409. The van der Waals surface area contributed by atoms with E-state index in [2.05, 4.69) is 50.5 Å². The molecular weight excluding hydrogens is 496 g/mol. The number of hydrogen-bond acceptors (Lipinski definition) is 7. The molecule has 2 saturated heterocycles. The molecule has 39 heavy (non-hydrogen) atoms.